The van der Waals surface area contributed by atoms with Crippen LogP contribution in [0.5, 0.6) is 5.88 Å². The van der Waals surface area contributed by atoms with Crippen molar-refractivity contribution in [3.8, 4) is 5.88 Å². The molecule has 1 atom stereocenters. The molecule has 1 unspecified atom stereocenters. The first-order chi connectivity index (χ1) is 12.5. The summed E-state index contributed by atoms with van der Waals surface area (Å²) in [5.41, 5.74) is 6.84. The first-order valence-electron chi connectivity index (χ1n) is 7.79. The maximum Gasteiger partial charge on any atom is 0.240 e. The summed E-state index contributed by atoms with van der Waals surface area (Å²) in [5.74, 6) is 0.412. The molecule has 10 nitrogen and oxygen atoms in total. The van der Waals surface area contributed by atoms with E-state index in [0.29, 0.717) is 22.1 Å². The molecule has 1 amide bonds. The molecule has 3 rings (SSSR count). The molecule has 3 heterocycles. The van der Waals surface area contributed by atoms with Crippen LogP contribution in [-0.4, -0.2) is 48.2 Å². The number of hydrogen-bond acceptors (Lipinski definition) is 9. The number of amides is 1. The van der Waals surface area contributed by atoms with Crippen LogP contribution in [0.4, 0.5) is 11.9 Å². The Bertz CT molecular complexity index is 929. The van der Waals surface area contributed by atoms with Crippen LogP contribution in [-0.2, 0) is 4.79 Å². The van der Waals surface area contributed by atoms with E-state index in [0.717, 1.165) is 0 Å². The summed E-state index contributed by atoms with van der Waals surface area (Å²) >= 11 is 1.28. The SMILES string of the molecule is COc1ccnc(NC(=O)C(Sc2nc(N)nc3nc[nH]c23)C(C)C)n1. The van der Waals surface area contributed by atoms with Crippen LogP contribution in [0.2, 0.25) is 0 Å². The van der Waals surface area contributed by atoms with E-state index < -0.39 is 5.25 Å². The van der Waals surface area contributed by atoms with Gasteiger partial charge in [0.05, 0.1) is 18.7 Å². The van der Waals surface area contributed by atoms with Crippen molar-refractivity contribution in [2.45, 2.75) is 24.1 Å². The lowest BCUT2D eigenvalue weighted by atomic mass is 10.1. The Morgan fingerprint density at radius 1 is 1.31 bits per heavy atom. The second kappa shape index (κ2) is 7.52. The summed E-state index contributed by atoms with van der Waals surface area (Å²) in [4.78, 5) is 36.3. The molecule has 26 heavy (non-hydrogen) atoms. The smallest absolute Gasteiger partial charge is 0.240 e. The molecule has 3 aromatic rings. The lowest BCUT2D eigenvalue weighted by molar-refractivity contribution is -0.116. The van der Waals surface area contributed by atoms with Crippen LogP contribution in [0, 0.1) is 5.92 Å². The molecule has 0 spiro atoms. The highest BCUT2D eigenvalue weighted by molar-refractivity contribution is 8.00. The molecule has 0 aliphatic heterocycles. The lowest BCUT2D eigenvalue weighted by Crippen LogP contribution is -2.30. The van der Waals surface area contributed by atoms with Gasteiger partial charge in [0.15, 0.2) is 5.65 Å². The van der Waals surface area contributed by atoms with E-state index >= 15 is 0 Å². The topological polar surface area (TPSA) is 145 Å². The van der Waals surface area contributed by atoms with Gasteiger partial charge in [0.1, 0.15) is 10.5 Å². The standard InChI is InChI=1S/C15H18N8O2S/c1-7(2)10(12(24)22-15-17-5-4-8(20-15)25-3)26-13-9-11(19-6-18-9)21-14(16)23-13/h4-7,10H,1-3H3,(H,17,20,22,24)(H3,16,18,19,21,23). The van der Waals surface area contributed by atoms with E-state index in [-0.39, 0.29) is 23.7 Å². The van der Waals surface area contributed by atoms with Gasteiger partial charge in [-0.3, -0.25) is 10.1 Å². The molecule has 4 N–H and O–H groups in total. The number of thioether (sulfide) groups is 1. The molecule has 136 valence electrons. The Balaban J connectivity index is 1.84. The van der Waals surface area contributed by atoms with Crippen molar-refractivity contribution in [3.05, 3.63) is 18.6 Å². The van der Waals surface area contributed by atoms with Crippen molar-refractivity contribution in [3.63, 3.8) is 0 Å². The van der Waals surface area contributed by atoms with Gasteiger partial charge in [-0.05, 0) is 5.92 Å². The van der Waals surface area contributed by atoms with Crippen LogP contribution >= 0.6 is 11.8 Å². The van der Waals surface area contributed by atoms with Gasteiger partial charge < -0.3 is 15.5 Å². The molecule has 0 radical (unpaired) electrons. The zero-order valence-corrected chi connectivity index (χ0v) is 15.2. The Hall–Kier alpha value is -2.95. The molecule has 0 aliphatic carbocycles. The van der Waals surface area contributed by atoms with E-state index in [9.17, 15) is 4.79 Å². The number of anilines is 2. The minimum Gasteiger partial charge on any atom is -0.481 e. The molecule has 11 heteroatoms. The molecule has 0 bridgehead atoms. The number of aromatic nitrogens is 6. The zero-order valence-electron chi connectivity index (χ0n) is 14.4. The predicted molar refractivity (Wildman–Crippen MR) is 97.8 cm³/mol. The summed E-state index contributed by atoms with van der Waals surface area (Å²) in [6.07, 6.45) is 3.02. The highest BCUT2D eigenvalue weighted by Gasteiger charge is 2.26. The van der Waals surface area contributed by atoms with E-state index in [1.807, 2.05) is 13.8 Å². The number of carbonyl (C=O) groups is 1. The van der Waals surface area contributed by atoms with Crippen molar-refractivity contribution in [1.29, 1.82) is 0 Å². The van der Waals surface area contributed by atoms with Gasteiger partial charge in [0, 0.05) is 12.3 Å². The molecule has 0 fully saturated rings. The molecule has 0 saturated carbocycles. The Kier molecular flexibility index (Phi) is 5.16. The quantitative estimate of drug-likeness (QED) is 0.431. The number of aromatic amines is 1. The zero-order chi connectivity index (χ0) is 18.7. The number of nitrogens with two attached hydrogens (primary N) is 1. The monoisotopic (exact) mass is 374 g/mol. The van der Waals surface area contributed by atoms with Crippen molar-refractivity contribution in [2.24, 2.45) is 5.92 Å². The summed E-state index contributed by atoms with van der Waals surface area (Å²) in [5, 5.41) is 2.82. The predicted octanol–water partition coefficient (Wildman–Crippen LogP) is 1.49. The summed E-state index contributed by atoms with van der Waals surface area (Å²) in [6.45, 7) is 3.89. The third-order valence-corrected chi connectivity index (χ3v) is 4.98. The summed E-state index contributed by atoms with van der Waals surface area (Å²) < 4.78 is 5.04. The van der Waals surface area contributed by atoms with Gasteiger partial charge in [-0.15, -0.1) is 0 Å². The van der Waals surface area contributed by atoms with Gasteiger partial charge in [-0.1, -0.05) is 25.6 Å². The van der Waals surface area contributed by atoms with Gasteiger partial charge in [0.2, 0.25) is 23.7 Å². The first kappa shape index (κ1) is 17.9. The lowest BCUT2D eigenvalue weighted by Gasteiger charge is -2.19. The van der Waals surface area contributed by atoms with Crippen molar-refractivity contribution in [1.82, 2.24) is 29.9 Å². The number of nitrogens with one attached hydrogen (secondary N) is 2. The van der Waals surface area contributed by atoms with Crippen molar-refractivity contribution in [2.75, 3.05) is 18.2 Å². The third kappa shape index (κ3) is 3.82. The number of carbonyl (C=O) groups excluding carboxylic acids is 1. The minimum absolute atomic E-state index is 0.0137. The van der Waals surface area contributed by atoms with E-state index in [1.54, 1.807) is 6.07 Å². The van der Waals surface area contributed by atoms with Crippen LogP contribution in [0.3, 0.4) is 0 Å². The average molecular weight is 374 g/mol. The van der Waals surface area contributed by atoms with Crippen LogP contribution < -0.4 is 15.8 Å². The first-order valence-corrected chi connectivity index (χ1v) is 8.67. The molecule has 0 saturated heterocycles. The number of imidazole rings is 1. The highest BCUT2D eigenvalue weighted by Crippen LogP contribution is 2.31. The van der Waals surface area contributed by atoms with Gasteiger partial charge in [-0.2, -0.15) is 9.97 Å². The van der Waals surface area contributed by atoms with E-state index in [1.165, 1.54) is 31.4 Å². The second-order valence-electron chi connectivity index (χ2n) is 5.68. The largest absolute Gasteiger partial charge is 0.481 e. The number of nitrogens with zero attached hydrogens (tertiary/aromatic N) is 5. The second-order valence-corrected chi connectivity index (χ2v) is 6.81. The van der Waals surface area contributed by atoms with Gasteiger partial charge >= 0.3 is 0 Å². The summed E-state index contributed by atoms with van der Waals surface area (Å²) in [6, 6.07) is 1.60. The van der Waals surface area contributed by atoms with Gasteiger partial charge in [-0.25, -0.2) is 15.0 Å². The maximum absolute atomic E-state index is 12.8. The minimum atomic E-state index is -0.453. The molecular formula is C15H18N8O2S. The molecule has 0 aliphatic rings. The Labute approximate surface area is 153 Å². The fourth-order valence-corrected chi connectivity index (χ4v) is 3.31. The number of ether oxygens (including phenoxy) is 1. The van der Waals surface area contributed by atoms with Gasteiger partial charge in [0.25, 0.3) is 0 Å². The number of methoxy groups -OCH3 is 1. The summed E-state index contributed by atoms with van der Waals surface area (Å²) in [7, 11) is 1.50. The third-order valence-electron chi connectivity index (χ3n) is 3.45. The van der Waals surface area contributed by atoms with E-state index in [4.69, 9.17) is 10.5 Å². The fourth-order valence-electron chi connectivity index (χ4n) is 2.22. The number of hydrogen-bond donors (Lipinski definition) is 3. The van der Waals surface area contributed by atoms with Crippen LogP contribution in [0.15, 0.2) is 23.6 Å². The van der Waals surface area contributed by atoms with Crippen molar-refractivity contribution >= 4 is 40.7 Å². The maximum atomic E-state index is 12.8. The molecular weight excluding hydrogens is 356 g/mol. The molecule has 0 aromatic carbocycles. The highest BCUT2D eigenvalue weighted by atomic mass is 32.2. The number of nitrogen functional groups attached to an aromatic ring is 1. The average Bonchev–Trinajstić information content (AvgIpc) is 3.07. The Morgan fingerprint density at radius 3 is 2.85 bits per heavy atom. The van der Waals surface area contributed by atoms with Crippen molar-refractivity contribution < 1.29 is 9.53 Å². The molecule has 3 aromatic heterocycles. The fraction of sp³-hybridized carbons (Fsp3) is 0.333. The Morgan fingerprint density at radius 2 is 2.12 bits per heavy atom. The number of rotatable bonds is 6. The number of H-pyrrole nitrogens is 1. The van der Waals surface area contributed by atoms with E-state index in [2.05, 4.69) is 35.2 Å². The normalized spacial score (nSPS) is 12.3. The van der Waals surface area contributed by atoms with Crippen LogP contribution in [0.1, 0.15) is 13.8 Å². The van der Waals surface area contributed by atoms with Crippen LogP contribution in [0.25, 0.3) is 11.2 Å². The number of fused-ring (bicyclic) bond motifs is 1.